The monoisotopic (exact) mass is 338 g/mol. The van der Waals surface area contributed by atoms with Gasteiger partial charge in [-0.1, -0.05) is 19.6 Å². The van der Waals surface area contributed by atoms with Crippen molar-refractivity contribution in [3.05, 3.63) is 0 Å². The van der Waals surface area contributed by atoms with Crippen molar-refractivity contribution in [3.63, 3.8) is 0 Å². The Balaban J connectivity index is 1.92. The average Bonchev–Trinajstić information content (AvgIpc) is 2.37. The standard InChI is InChI=1S/C13H26S4Si/c1-18(2,3)13(16-10-5-11-17-13)7-6-12-14-8-4-9-15-12/h12H,4-11H2,1-3H3. The van der Waals surface area contributed by atoms with E-state index in [0.29, 0.717) is 3.70 Å². The first-order valence-corrected chi connectivity index (χ1v) is 14.6. The second-order valence-corrected chi connectivity index (χ2v) is 18.2. The summed E-state index contributed by atoms with van der Waals surface area (Å²) in [7, 11) is -1.08. The van der Waals surface area contributed by atoms with Gasteiger partial charge in [0.25, 0.3) is 0 Å². The van der Waals surface area contributed by atoms with Crippen LogP contribution in [0.1, 0.15) is 25.7 Å². The summed E-state index contributed by atoms with van der Waals surface area (Å²) >= 11 is 9.07. The number of rotatable bonds is 4. The first-order chi connectivity index (χ1) is 8.54. The molecule has 0 aromatic rings. The zero-order valence-electron chi connectivity index (χ0n) is 11.9. The third-order valence-corrected chi connectivity index (χ3v) is 16.9. The lowest BCUT2D eigenvalue weighted by Crippen LogP contribution is -2.49. The number of hydrogen-bond acceptors (Lipinski definition) is 4. The molecule has 0 aromatic heterocycles. The van der Waals surface area contributed by atoms with E-state index in [1.165, 1.54) is 48.7 Å². The fraction of sp³-hybridized carbons (Fsp3) is 1.00. The van der Waals surface area contributed by atoms with E-state index in [-0.39, 0.29) is 0 Å². The normalized spacial score (nSPS) is 26.2. The van der Waals surface area contributed by atoms with Crippen LogP contribution in [-0.4, -0.2) is 39.4 Å². The van der Waals surface area contributed by atoms with Crippen LogP contribution >= 0.6 is 47.0 Å². The first-order valence-electron chi connectivity index (χ1n) is 7.05. The van der Waals surface area contributed by atoms with Gasteiger partial charge >= 0.3 is 0 Å². The molecule has 2 fully saturated rings. The third-order valence-electron chi connectivity index (χ3n) is 3.71. The van der Waals surface area contributed by atoms with Gasteiger partial charge in [0.1, 0.15) is 0 Å². The quantitative estimate of drug-likeness (QED) is 0.628. The van der Waals surface area contributed by atoms with Crippen LogP contribution in [0.2, 0.25) is 19.6 Å². The van der Waals surface area contributed by atoms with Gasteiger partial charge in [-0.05, 0) is 48.7 Å². The summed E-state index contributed by atoms with van der Waals surface area (Å²) in [6.07, 6.45) is 5.76. The minimum Gasteiger partial charge on any atom is -0.148 e. The van der Waals surface area contributed by atoms with E-state index in [9.17, 15) is 0 Å². The molecule has 2 rings (SSSR count). The first kappa shape index (κ1) is 16.0. The SMILES string of the molecule is C[Si](C)(C)C1(CCC2SCCCS2)SCCCS1. The number of hydrogen-bond donors (Lipinski definition) is 0. The van der Waals surface area contributed by atoms with Gasteiger partial charge in [-0.25, -0.2) is 0 Å². The summed E-state index contributed by atoms with van der Waals surface area (Å²) in [5, 5.41) is 0. The summed E-state index contributed by atoms with van der Waals surface area (Å²) < 4.78 is 1.51. The maximum atomic E-state index is 2.58. The molecular formula is C13H26S4Si. The van der Waals surface area contributed by atoms with Gasteiger partial charge in [-0.3, -0.25) is 0 Å². The zero-order chi connectivity index (χ0) is 13.1. The second-order valence-electron chi connectivity index (χ2n) is 6.12. The topological polar surface area (TPSA) is 0 Å². The molecule has 0 atom stereocenters. The van der Waals surface area contributed by atoms with Crippen molar-refractivity contribution in [1.82, 2.24) is 0 Å². The Morgan fingerprint density at radius 3 is 2.06 bits per heavy atom. The van der Waals surface area contributed by atoms with Crippen molar-refractivity contribution >= 4 is 55.1 Å². The summed E-state index contributed by atoms with van der Waals surface area (Å²) in [6.45, 7) is 7.75. The Morgan fingerprint density at radius 1 is 0.944 bits per heavy atom. The molecule has 2 heterocycles. The summed E-state index contributed by atoms with van der Waals surface area (Å²) in [6, 6.07) is 0. The second kappa shape index (κ2) is 7.06. The molecule has 0 aromatic carbocycles. The van der Waals surface area contributed by atoms with Crippen LogP contribution in [0.3, 0.4) is 0 Å². The molecule has 2 saturated heterocycles. The molecule has 0 unspecified atom stereocenters. The fourth-order valence-corrected chi connectivity index (χ4v) is 13.1. The van der Waals surface area contributed by atoms with E-state index < -0.39 is 8.07 Å². The molecule has 0 radical (unpaired) electrons. The van der Waals surface area contributed by atoms with Crippen molar-refractivity contribution < 1.29 is 0 Å². The van der Waals surface area contributed by atoms with Gasteiger partial charge in [0.05, 0.1) is 16.4 Å². The van der Waals surface area contributed by atoms with Crippen molar-refractivity contribution in [3.8, 4) is 0 Å². The Bertz CT molecular complexity index is 252. The van der Waals surface area contributed by atoms with E-state index in [0.717, 1.165) is 4.58 Å². The van der Waals surface area contributed by atoms with Crippen molar-refractivity contribution in [2.75, 3.05) is 23.0 Å². The van der Waals surface area contributed by atoms with Gasteiger partial charge in [0, 0.05) is 0 Å². The minimum absolute atomic E-state index is 0.615. The van der Waals surface area contributed by atoms with Crippen molar-refractivity contribution in [1.29, 1.82) is 0 Å². The lowest BCUT2D eigenvalue weighted by molar-refractivity contribution is 0.794. The van der Waals surface area contributed by atoms with Crippen molar-refractivity contribution in [2.24, 2.45) is 0 Å². The highest BCUT2D eigenvalue weighted by molar-refractivity contribution is 8.21. The molecule has 2 aliphatic rings. The highest BCUT2D eigenvalue weighted by Gasteiger charge is 2.45. The molecule has 18 heavy (non-hydrogen) atoms. The van der Waals surface area contributed by atoms with Gasteiger partial charge < -0.3 is 0 Å². The average molecular weight is 339 g/mol. The Kier molecular flexibility index (Phi) is 6.27. The van der Waals surface area contributed by atoms with E-state index in [1.807, 2.05) is 0 Å². The third kappa shape index (κ3) is 4.06. The molecular weight excluding hydrogens is 312 g/mol. The van der Waals surface area contributed by atoms with Crippen LogP contribution in [-0.2, 0) is 0 Å². The van der Waals surface area contributed by atoms with E-state index >= 15 is 0 Å². The minimum atomic E-state index is -1.08. The molecule has 106 valence electrons. The van der Waals surface area contributed by atoms with Crippen LogP contribution < -0.4 is 0 Å². The lowest BCUT2D eigenvalue weighted by Gasteiger charge is -2.46. The molecule has 0 spiro atoms. The molecule has 2 aliphatic heterocycles. The van der Waals surface area contributed by atoms with E-state index in [2.05, 4.69) is 66.7 Å². The molecule has 0 aliphatic carbocycles. The molecule has 0 amide bonds. The van der Waals surface area contributed by atoms with Crippen LogP contribution in [0.25, 0.3) is 0 Å². The smallest absolute Gasteiger partial charge is 0.0752 e. The highest BCUT2D eigenvalue weighted by Crippen LogP contribution is 2.52. The van der Waals surface area contributed by atoms with Crippen LogP contribution in [0.15, 0.2) is 0 Å². The molecule has 0 nitrogen and oxygen atoms in total. The van der Waals surface area contributed by atoms with Crippen LogP contribution in [0.4, 0.5) is 0 Å². The predicted octanol–water partition coefficient (Wildman–Crippen LogP) is 5.41. The highest BCUT2D eigenvalue weighted by atomic mass is 32.2. The lowest BCUT2D eigenvalue weighted by atomic mass is 10.4. The predicted molar refractivity (Wildman–Crippen MR) is 98.2 cm³/mol. The maximum absolute atomic E-state index is 2.58. The van der Waals surface area contributed by atoms with Gasteiger partial charge in [-0.15, -0.1) is 47.0 Å². The van der Waals surface area contributed by atoms with Crippen molar-refractivity contribution in [2.45, 2.75) is 53.6 Å². The summed E-state index contributed by atoms with van der Waals surface area (Å²) in [5.41, 5.74) is 0. The van der Waals surface area contributed by atoms with Gasteiger partial charge in [0.15, 0.2) is 0 Å². The maximum Gasteiger partial charge on any atom is 0.0752 e. The Morgan fingerprint density at radius 2 is 1.50 bits per heavy atom. The van der Waals surface area contributed by atoms with Crippen LogP contribution in [0, 0.1) is 0 Å². The van der Waals surface area contributed by atoms with E-state index in [1.54, 1.807) is 0 Å². The summed E-state index contributed by atoms with van der Waals surface area (Å²) in [4.78, 5) is 0. The Hall–Kier alpha value is 1.62. The molecule has 0 N–H and O–H groups in total. The summed E-state index contributed by atoms with van der Waals surface area (Å²) in [5.74, 6) is 5.61. The molecule has 0 bridgehead atoms. The van der Waals surface area contributed by atoms with Crippen LogP contribution in [0.5, 0.6) is 0 Å². The van der Waals surface area contributed by atoms with Gasteiger partial charge in [0.2, 0.25) is 0 Å². The Labute approximate surface area is 131 Å². The largest absolute Gasteiger partial charge is 0.148 e. The van der Waals surface area contributed by atoms with Gasteiger partial charge in [-0.2, -0.15) is 0 Å². The zero-order valence-corrected chi connectivity index (χ0v) is 16.1. The number of thioether (sulfide) groups is 4. The molecule has 0 saturated carbocycles. The fourth-order valence-electron chi connectivity index (χ4n) is 2.54. The van der Waals surface area contributed by atoms with E-state index in [4.69, 9.17) is 0 Å². The molecule has 5 heteroatoms.